The summed E-state index contributed by atoms with van der Waals surface area (Å²) >= 11 is 0. The molecule has 3 aliphatic rings. The van der Waals surface area contributed by atoms with Crippen molar-refractivity contribution in [2.75, 3.05) is 4.90 Å². The molecule has 2 nitrogen and oxygen atoms in total. The standard InChI is InChI=1S/C24H25NO/c1-16-12-13-20-17(2)15-26-24(23(16)20)25-21-11-7-6-10-19(21)14-22(25)18-8-4-3-5-9-18/h3-12,15,20,22-24H,13-14H2,1-2H3/t20-,22+,23-,24-/m0/s1. The fourth-order valence-corrected chi connectivity index (χ4v) is 5.07. The zero-order chi connectivity index (χ0) is 17.7. The van der Waals surface area contributed by atoms with E-state index >= 15 is 0 Å². The maximum atomic E-state index is 6.39. The van der Waals surface area contributed by atoms with Crippen molar-refractivity contribution >= 4 is 5.69 Å². The lowest BCUT2D eigenvalue weighted by atomic mass is 9.83. The van der Waals surface area contributed by atoms with Crippen LogP contribution < -0.4 is 4.90 Å². The molecule has 132 valence electrons. The van der Waals surface area contributed by atoms with E-state index in [1.54, 1.807) is 0 Å². The molecule has 5 rings (SSSR count). The average Bonchev–Trinajstić information content (AvgIpc) is 3.25. The van der Waals surface area contributed by atoms with E-state index in [4.69, 9.17) is 4.74 Å². The van der Waals surface area contributed by atoms with Gasteiger partial charge in [0.15, 0.2) is 6.23 Å². The van der Waals surface area contributed by atoms with Gasteiger partial charge in [-0.25, -0.2) is 0 Å². The Morgan fingerprint density at radius 3 is 2.54 bits per heavy atom. The smallest absolute Gasteiger partial charge is 0.179 e. The van der Waals surface area contributed by atoms with Crippen molar-refractivity contribution in [3.8, 4) is 0 Å². The second-order valence-corrected chi connectivity index (χ2v) is 7.87. The summed E-state index contributed by atoms with van der Waals surface area (Å²) in [5.74, 6) is 1.02. The molecular weight excluding hydrogens is 318 g/mol. The van der Waals surface area contributed by atoms with Gasteiger partial charge in [0, 0.05) is 11.6 Å². The third kappa shape index (κ3) is 2.32. The third-order valence-corrected chi connectivity index (χ3v) is 6.42. The molecule has 0 saturated carbocycles. The number of allylic oxidation sites excluding steroid dienone is 2. The Morgan fingerprint density at radius 1 is 0.923 bits per heavy atom. The summed E-state index contributed by atoms with van der Waals surface area (Å²) in [7, 11) is 0. The number of nitrogens with zero attached hydrogens (tertiary/aromatic N) is 1. The highest BCUT2D eigenvalue weighted by Crippen LogP contribution is 2.49. The van der Waals surface area contributed by atoms with Crippen molar-refractivity contribution in [3.63, 3.8) is 0 Å². The number of para-hydroxylation sites is 1. The first kappa shape index (κ1) is 15.7. The Morgan fingerprint density at radius 2 is 1.69 bits per heavy atom. The highest BCUT2D eigenvalue weighted by Gasteiger charge is 2.46. The average molecular weight is 343 g/mol. The molecule has 0 amide bonds. The van der Waals surface area contributed by atoms with Crippen molar-refractivity contribution < 1.29 is 4.74 Å². The zero-order valence-electron chi connectivity index (χ0n) is 15.4. The van der Waals surface area contributed by atoms with Gasteiger partial charge in [0.05, 0.1) is 12.3 Å². The van der Waals surface area contributed by atoms with E-state index in [1.165, 1.54) is 28.0 Å². The van der Waals surface area contributed by atoms with Crippen LogP contribution >= 0.6 is 0 Å². The molecule has 0 saturated heterocycles. The van der Waals surface area contributed by atoms with Crippen LogP contribution in [0.4, 0.5) is 5.69 Å². The second kappa shape index (κ2) is 6.05. The molecule has 2 aromatic rings. The van der Waals surface area contributed by atoms with E-state index in [0.717, 1.165) is 12.8 Å². The van der Waals surface area contributed by atoms with Gasteiger partial charge in [-0.15, -0.1) is 0 Å². The Kier molecular flexibility index (Phi) is 3.66. The molecule has 2 aliphatic heterocycles. The van der Waals surface area contributed by atoms with Gasteiger partial charge in [-0.05, 0) is 55.4 Å². The first-order chi connectivity index (χ1) is 12.7. The largest absolute Gasteiger partial charge is 0.477 e. The molecule has 0 unspecified atom stereocenters. The number of anilines is 1. The highest BCUT2D eigenvalue weighted by atomic mass is 16.5. The lowest BCUT2D eigenvalue weighted by Gasteiger charge is -2.43. The fourth-order valence-electron chi connectivity index (χ4n) is 5.07. The lowest BCUT2D eigenvalue weighted by molar-refractivity contribution is 0.0546. The first-order valence-corrected chi connectivity index (χ1v) is 9.64. The Balaban J connectivity index is 1.61. The zero-order valence-corrected chi connectivity index (χ0v) is 15.4. The molecule has 0 radical (unpaired) electrons. The van der Waals surface area contributed by atoms with E-state index in [2.05, 4.69) is 79.4 Å². The second-order valence-electron chi connectivity index (χ2n) is 7.87. The molecule has 0 N–H and O–H groups in total. The van der Waals surface area contributed by atoms with Crippen LogP contribution in [0.15, 0.2) is 78.1 Å². The van der Waals surface area contributed by atoms with Crippen molar-refractivity contribution in [1.82, 2.24) is 0 Å². The molecule has 2 aromatic carbocycles. The summed E-state index contributed by atoms with van der Waals surface area (Å²) in [5.41, 5.74) is 6.98. The van der Waals surface area contributed by atoms with Crippen LogP contribution in [-0.4, -0.2) is 6.23 Å². The normalized spacial score (nSPS) is 29.5. The van der Waals surface area contributed by atoms with E-state index in [0.29, 0.717) is 17.9 Å². The summed E-state index contributed by atoms with van der Waals surface area (Å²) in [6.45, 7) is 4.49. The van der Waals surface area contributed by atoms with E-state index in [1.807, 2.05) is 6.26 Å². The Labute approximate surface area is 155 Å². The van der Waals surface area contributed by atoms with Gasteiger partial charge in [0.1, 0.15) is 0 Å². The molecule has 0 fully saturated rings. The van der Waals surface area contributed by atoms with Gasteiger partial charge in [-0.1, -0.05) is 60.2 Å². The molecule has 26 heavy (non-hydrogen) atoms. The van der Waals surface area contributed by atoms with Gasteiger partial charge in [-0.3, -0.25) is 0 Å². The van der Waals surface area contributed by atoms with Crippen molar-refractivity contribution in [2.24, 2.45) is 11.8 Å². The van der Waals surface area contributed by atoms with Crippen LogP contribution in [0, 0.1) is 11.8 Å². The van der Waals surface area contributed by atoms with Gasteiger partial charge in [0.25, 0.3) is 0 Å². The number of ether oxygens (including phenoxy) is 1. The summed E-state index contributed by atoms with van der Waals surface area (Å²) in [6, 6.07) is 20.1. The minimum Gasteiger partial charge on any atom is -0.477 e. The summed E-state index contributed by atoms with van der Waals surface area (Å²) in [4.78, 5) is 2.55. The molecular formula is C24H25NO. The third-order valence-electron chi connectivity index (χ3n) is 6.42. The predicted octanol–water partition coefficient (Wildman–Crippen LogP) is 5.63. The number of hydrogen-bond donors (Lipinski definition) is 0. The maximum absolute atomic E-state index is 6.39. The summed E-state index contributed by atoms with van der Waals surface area (Å²) < 4.78 is 6.39. The van der Waals surface area contributed by atoms with Gasteiger partial charge < -0.3 is 9.64 Å². The molecule has 2 heterocycles. The monoisotopic (exact) mass is 343 g/mol. The molecule has 4 atom stereocenters. The van der Waals surface area contributed by atoms with Crippen molar-refractivity contribution in [1.29, 1.82) is 0 Å². The van der Waals surface area contributed by atoms with Crippen LogP contribution in [0.25, 0.3) is 0 Å². The quantitative estimate of drug-likeness (QED) is 0.655. The minimum atomic E-state index is 0.0660. The number of benzene rings is 2. The number of rotatable bonds is 2. The van der Waals surface area contributed by atoms with Crippen molar-refractivity contribution in [2.45, 2.75) is 39.0 Å². The van der Waals surface area contributed by atoms with E-state index in [-0.39, 0.29) is 6.23 Å². The maximum Gasteiger partial charge on any atom is 0.179 e. The predicted molar refractivity (Wildman–Crippen MR) is 106 cm³/mol. The topological polar surface area (TPSA) is 12.5 Å². The highest BCUT2D eigenvalue weighted by molar-refractivity contribution is 5.62. The van der Waals surface area contributed by atoms with Crippen LogP contribution in [0.5, 0.6) is 0 Å². The first-order valence-electron chi connectivity index (χ1n) is 9.64. The summed E-state index contributed by atoms with van der Waals surface area (Å²) in [5, 5.41) is 0. The SMILES string of the molecule is CC1=CC[C@H]2C(C)=CO[C@H](N3c4ccccc4C[C@@H]3c3ccccc3)[C@@H]12. The Bertz CT molecular complexity index is 882. The van der Waals surface area contributed by atoms with Gasteiger partial charge in [-0.2, -0.15) is 0 Å². The van der Waals surface area contributed by atoms with Crippen molar-refractivity contribution in [3.05, 3.63) is 89.2 Å². The van der Waals surface area contributed by atoms with Gasteiger partial charge in [0.2, 0.25) is 0 Å². The molecule has 0 spiro atoms. The minimum absolute atomic E-state index is 0.0660. The van der Waals surface area contributed by atoms with Crippen LogP contribution in [0.1, 0.15) is 37.4 Å². The lowest BCUT2D eigenvalue weighted by Crippen LogP contribution is -2.46. The molecule has 0 aromatic heterocycles. The Hall–Kier alpha value is -2.48. The molecule has 2 heteroatoms. The van der Waals surface area contributed by atoms with Crippen LogP contribution in [0.2, 0.25) is 0 Å². The fraction of sp³-hybridized carbons (Fsp3) is 0.333. The van der Waals surface area contributed by atoms with Crippen LogP contribution in [-0.2, 0) is 11.2 Å². The molecule has 1 aliphatic carbocycles. The molecule has 0 bridgehead atoms. The van der Waals surface area contributed by atoms with E-state index in [9.17, 15) is 0 Å². The number of hydrogen-bond acceptors (Lipinski definition) is 2. The van der Waals surface area contributed by atoms with Crippen LogP contribution in [0.3, 0.4) is 0 Å². The summed E-state index contributed by atoms with van der Waals surface area (Å²) in [6.07, 6.45) is 6.68. The van der Waals surface area contributed by atoms with Gasteiger partial charge >= 0.3 is 0 Å². The number of fused-ring (bicyclic) bond motifs is 2. The van der Waals surface area contributed by atoms with E-state index < -0.39 is 0 Å².